The van der Waals surface area contributed by atoms with Gasteiger partial charge in [-0.2, -0.15) is 4.98 Å². The standard InChI is InChI=1S/C16H19ClN4O2/c1-20(2)16(22)13-4-3-9-21(13)10-14-18-15(19-23-14)11-5-7-12(17)8-6-11/h5-8,13H,3-4,9-10H2,1-2H3/t13-/m1/s1. The molecule has 122 valence electrons. The molecule has 1 aliphatic rings. The van der Waals surface area contributed by atoms with Gasteiger partial charge in [0.2, 0.25) is 17.6 Å². The number of carbonyl (C=O) groups is 1. The van der Waals surface area contributed by atoms with Crippen molar-refractivity contribution in [1.82, 2.24) is 19.9 Å². The number of hydrogen-bond acceptors (Lipinski definition) is 5. The van der Waals surface area contributed by atoms with Crippen LogP contribution in [0.25, 0.3) is 11.4 Å². The quantitative estimate of drug-likeness (QED) is 0.859. The molecule has 0 aliphatic carbocycles. The maximum absolute atomic E-state index is 12.2. The van der Waals surface area contributed by atoms with E-state index in [4.69, 9.17) is 16.1 Å². The molecule has 23 heavy (non-hydrogen) atoms. The summed E-state index contributed by atoms with van der Waals surface area (Å²) in [6, 6.07) is 7.19. The van der Waals surface area contributed by atoms with E-state index in [-0.39, 0.29) is 11.9 Å². The van der Waals surface area contributed by atoms with Crippen LogP contribution in [0.5, 0.6) is 0 Å². The van der Waals surface area contributed by atoms with E-state index in [0.717, 1.165) is 24.9 Å². The number of aromatic nitrogens is 2. The van der Waals surface area contributed by atoms with Gasteiger partial charge in [-0.3, -0.25) is 9.69 Å². The van der Waals surface area contributed by atoms with Gasteiger partial charge >= 0.3 is 0 Å². The van der Waals surface area contributed by atoms with Gasteiger partial charge in [-0.1, -0.05) is 16.8 Å². The third-order valence-corrected chi connectivity index (χ3v) is 4.25. The summed E-state index contributed by atoms with van der Waals surface area (Å²) in [5.41, 5.74) is 0.853. The predicted molar refractivity (Wildman–Crippen MR) is 86.9 cm³/mol. The zero-order valence-electron chi connectivity index (χ0n) is 13.2. The first kappa shape index (κ1) is 16.0. The molecule has 0 saturated carbocycles. The van der Waals surface area contributed by atoms with Crippen molar-refractivity contribution in [2.45, 2.75) is 25.4 Å². The highest BCUT2D eigenvalue weighted by atomic mass is 35.5. The Balaban J connectivity index is 1.71. The Morgan fingerprint density at radius 2 is 2.13 bits per heavy atom. The number of hydrogen-bond donors (Lipinski definition) is 0. The van der Waals surface area contributed by atoms with Crippen molar-refractivity contribution in [3.05, 3.63) is 35.2 Å². The van der Waals surface area contributed by atoms with Gasteiger partial charge in [0.05, 0.1) is 12.6 Å². The lowest BCUT2D eigenvalue weighted by atomic mass is 10.2. The molecule has 1 atom stereocenters. The molecule has 2 heterocycles. The normalized spacial score (nSPS) is 18.3. The summed E-state index contributed by atoms with van der Waals surface area (Å²) in [5, 5.41) is 4.68. The van der Waals surface area contributed by atoms with E-state index < -0.39 is 0 Å². The average molecular weight is 335 g/mol. The van der Waals surface area contributed by atoms with E-state index >= 15 is 0 Å². The molecule has 3 rings (SSSR count). The molecule has 0 bridgehead atoms. The first-order valence-electron chi connectivity index (χ1n) is 7.58. The number of likely N-dealkylation sites (N-methyl/N-ethyl adjacent to an activating group) is 1. The summed E-state index contributed by atoms with van der Waals surface area (Å²) < 4.78 is 5.34. The number of nitrogens with zero attached hydrogens (tertiary/aromatic N) is 4. The second kappa shape index (κ2) is 6.68. The van der Waals surface area contributed by atoms with E-state index in [1.165, 1.54) is 0 Å². The SMILES string of the molecule is CN(C)C(=O)[C@H]1CCCN1Cc1nc(-c2ccc(Cl)cc2)no1. The van der Waals surface area contributed by atoms with Crippen LogP contribution in [-0.2, 0) is 11.3 Å². The average Bonchev–Trinajstić information content (AvgIpc) is 3.17. The molecule has 0 N–H and O–H groups in total. The van der Waals surface area contributed by atoms with Gasteiger partial charge < -0.3 is 9.42 Å². The summed E-state index contributed by atoms with van der Waals surface area (Å²) in [7, 11) is 3.56. The van der Waals surface area contributed by atoms with Crippen molar-refractivity contribution in [2.75, 3.05) is 20.6 Å². The van der Waals surface area contributed by atoms with Crippen LogP contribution < -0.4 is 0 Å². The molecule has 6 nitrogen and oxygen atoms in total. The van der Waals surface area contributed by atoms with E-state index in [9.17, 15) is 4.79 Å². The maximum Gasteiger partial charge on any atom is 0.241 e. The minimum absolute atomic E-state index is 0.101. The minimum atomic E-state index is -0.101. The topological polar surface area (TPSA) is 62.5 Å². The number of amides is 1. The molecule has 1 fully saturated rings. The Kier molecular flexibility index (Phi) is 4.63. The molecule has 1 saturated heterocycles. The number of likely N-dealkylation sites (tertiary alicyclic amines) is 1. The van der Waals surface area contributed by atoms with Crippen LogP contribution in [0, 0.1) is 0 Å². The van der Waals surface area contributed by atoms with Gasteiger partial charge in [-0.05, 0) is 43.7 Å². The fourth-order valence-corrected chi connectivity index (χ4v) is 2.93. The van der Waals surface area contributed by atoms with E-state index in [1.54, 1.807) is 31.1 Å². The highest BCUT2D eigenvalue weighted by Crippen LogP contribution is 2.23. The molecular formula is C16H19ClN4O2. The number of carbonyl (C=O) groups excluding carboxylic acids is 1. The van der Waals surface area contributed by atoms with Crippen LogP contribution in [0.2, 0.25) is 5.02 Å². The van der Waals surface area contributed by atoms with Crippen LogP contribution >= 0.6 is 11.6 Å². The Bertz CT molecular complexity index is 684. The van der Waals surface area contributed by atoms with Crippen molar-refractivity contribution >= 4 is 17.5 Å². The number of rotatable bonds is 4. The van der Waals surface area contributed by atoms with Crippen LogP contribution in [0.1, 0.15) is 18.7 Å². The van der Waals surface area contributed by atoms with Gasteiger partial charge in [-0.15, -0.1) is 0 Å². The summed E-state index contributed by atoms with van der Waals surface area (Å²) in [6.07, 6.45) is 1.87. The van der Waals surface area contributed by atoms with E-state index in [2.05, 4.69) is 15.0 Å². The van der Waals surface area contributed by atoms with Crippen LogP contribution in [0.3, 0.4) is 0 Å². The lowest BCUT2D eigenvalue weighted by molar-refractivity contribution is -0.133. The van der Waals surface area contributed by atoms with Crippen molar-refractivity contribution in [3.8, 4) is 11.4 Å². The van der Waals surface area contributed by atoms with Crippen molar-refractivity contribution in [1.29, 1.82) is 0 Å². The van der Waals surface area contributed by atoms with Gasteiger partial charge in [-0.25, -0.2) is 0 Å². The monoisotopic (exact) mass is 334 g/mol. The summed E-state index contributed by atoms with van der Waals surface area (Å²) >= 11 is 5.88. The third kappa shape index (κ3) is 3.54. The van der Waals surface area contributed by atoms with E-state index in [1.807, 2.05) is 12.1 Å². The van der Waals surface area contributed by atoms with Gasteiger partial charge in [0.25, 0.3) is 0 Å². The minimum Gasteiger partial charge on any atom is -0.347 e. The molecule has 1 aromatic carbocycles. The maximum atomic E-state index is 12.2. The summed E-state index contributed by atoms with van der Waals surface area (Å²) in [5.74, 6) is 1.18. The second-order valence-corrected chi connectivity index (χ2v) is 6.32. The van der Waals surface area contributed by atoms with Gasteiger partial charge in [0, 0.05) is 24.7 Å². The van der Waals surface area contributed by atoms with E-state index in [0.29, 0.717) is 23.3 Å². The lowest BCUT2D eigenvalue weighted by Crippen LogP contribution is -2.42. The molecular weight excluding hydrogens is 316 g/mol. The van der Waals surface area contributed by atoms with Gasteiger partial charge in [0.1, 0.15) is 0 Å². The lowest BCUT2D eigenvalue weighted by Gasteiger charge is -2.24. The molecule has 7 heteroatoms. The molecule has 0 unspecified atom stereocenters. The smallest absolute Gasteiger partial charge is 0.241 e. The zero-order chi connectivity index (χ0) is 16.4. The van der Waals surface area contributed by atoms with Crippen molar-refractivity contribution < 1.29 is 9.32 Å². The van der Waals surface area contributed by atoms with Crippen LogP contribution in [0.15, 0.2) is 28.8 Å². The number of halogens is 1. The largest absolute Gasteiger partial charge is 0.347 e. The molecule has 2 aromatic rings. The Hall–Kier alpha value is -1.92. The zero-order valence-corrected chi connectivity index (χ0v) is 14.0. The summed E-state index contributed by atoms with van der Waals surface area (Å²) in [4.78, 5) is 20.4. The predicted octanol–water partition coefficient (Wildman–Crippen LogP) is 2.44. The van der Waals surface area contributed by atoms with Crippen molar-refractivity contribution in [3.63, 3.8) is 0 Å². The highest BCUT2D eigenvalue weighted by Gasteiger charge is 2.32. The Labute approximate surface area is 140 Å². The molecule has 1 aliphatic heterocycles. The van der Waals surface area contributed by atoms with Crippen LogP contribution in [-0.4, -0.2) is 52.5 Å². The highest BCUT2D eigenvalue weighted by molar-refractivity contribution is 6.30. The van der Waals surface area contributed by atoms with Crippen LogP contribution in [0.4, 0.5) is 0 Å². The number of benzene rings is 1. The Morgan fingerprint density at radius 3 is 2.83 bits per heavy atom. The first-order valence-corrected chi connectivity index (χ1v) is 7.96. The molecule has 1 amide bonds. The fraction of sp³-hybridized carbons (Fsp3) is 0.438. The van der Waals surface area contributed by atoms with Crippen molar-refractivity contribution in [2.24, 2.45) is 0 Å². The third-order valence-electron chi connectivity index (χ3n) is 4.00. The Morgan fingerprint density at radius 1 is 1.39 bits per heavy atom. The molecule has 0 spiro atoms. The fourth-order valence-electron chi connectivity index (χ4n) is 2.80. The first-order chi connectivity index (χ1) is 11.0. The molecule has 1 aromatic heterocycles. The summed E-state index contributed by atoms with van der Waals surface area (Å²) in [6.45, 7) is 1.35. The molecule has 0 radical (unpaired) electrons. The van der Waals surface area contributed by atoms with Gasteiger partial charge in [0.15, 0.2) is 0 Å². The second-order valence-electron chi connectivity index (χ2n) is 5.88.